The monoisotopic (exact) mass is 130 g/mol. The summed E-state index contributed by atoms with van der Waals surface area (Å²) in [6, 6.07) is 0. The molecule has 0 saturated carbocycles. The van der Waals surface area contributed by atoms with Gasteiger partial charge in [-0.15, -0.1) is 0 Å². The minimum absolute atomic E-state index is 0.211. The number of carbonyl (C=O) groups is 1. The second-order valence-electron chi connectivity index (χ2n) is 1.02. The largest absolute Gasteiger partial charge is 0.724 e. The van der Waals surface area contributed by atoms with E-state index in [0.29, 0.717) is 12.7 Å². The van der Waals surface area contributed by atoms with Crippen LogP contribution in [-0.2, 0) is 14.3 Å². The fourth-order valence-electron chi connectivity index (χ4n) is 0.203. The second kappa shape index (κ2) is 9.97. The predicted octanol–water partition coefficient (Wildman–Crippen LogP) is 0.461. The Balaban J connectivity index is 0. The molecule has 4 heteroatoms. The van der Waals surface area contributed by atoms with Crippen LogP contribution in [0.25, 0.3) is 5.41 Å². The number of carbonyl (C=O) groups excluding carboxylic acids is 2. The summed E-state index contributed by atoms with van der Waals surface area (Å²) in [7, 11) is 0. The first-order valence-electron chi connectivity index (χ1n) is 2.33. The Morgan fingerprint density at radius 2 is 2.11 bits per heavy atom. The van der Waals surface area contributed by atoms with Gasteiger partial charge in [-0.2, -0.15) is 0 Å². The summed E-state index contributed by atoms with van der Waals surface area (Å²) in [6.07, 6.45) is 0.500. The third-order valence-electron chi connectivity index (χ3n) is 0.348. The van der Waals surface area contributed by atoms with Crippen LogP contribution in [-0.4, -0.2) is 18.7 Å². The van der Waals surface area contributed by atoms with E-state index in [9.17, 15) is 4.79 Å². The summed E-state index contributed by atoms with van der Waals surface area (Å²) < 4.78 is 4.40. The number of esters is 1. The van der Waals surface area contributed by atoms with E-state index in [-0.39, 0.29) is 5.97 Å². The van der Waals surface area contributed by atoms with Crippen LogP contribution >= 0.6 is 0 Å². The summed E-state index contributed by atoms with van der Waals surface area (Å²) in [5, 5.41) is 6.76. The van der Waals surface area contributed by atoms with E-state index in [4.69, 9.17) is 10.2 Å². The molecule has 52 valence electrons. The van der Waals surface area contributed by atoms with E-state index in [1.54, 1.807) is 6.92 Å². The molecule has 0 N–H and O–H groups in total. The zero-order valence-electron chi connectivity index (χ0n) is 5.38. The molecule has 0 aliphatic rings. The number of ether oxygens (including phenoxy) is 1. The van der Waals surface area contributed by atoms with Crippen LogP contribution in [0.1, 0.15) is 13.8 Å². The van der Waals surface area contributed by atoms with Crippen LogP contribution in [0.3, 0.4) is 0 Å². The van der Waals surface area contributed by atoms with Gasteiger partial charge in [0, 0.05) is 6.92 Å². The molecule has 4 nitrogen and oxygen atoms in total. The first-order chi connectivity index (χ1) is 4.18. The molecule has 0 aromatic carbocycles. The van der Waals surface area contributed by atoms with Crippen molar-refractivity contribution in [2.45, 2.75) is 13.8 Å². The lowest BCUT2D eigenvalue weighted by atomic mass is 10.8. The van der Waals surface area contributed by atoms with Gasteiger partial charge in [0.15, 0.2) is 0 Å². The zero-order chi connectivity index (χ0) is 7.70. The lowest BCUT2D eigenvalue weighted by Gasteiger charge is -1.89. The van der Waals surface area contributed by atoms with Crippen LogP contribution in [0.15, 0.2) is 0 Å². The molecule has 0 amide bonds. The van der Waals surface area contributed by atoms with Gasteiger partial charge in [-0.25, -0.2) is 0 Å². The van der Waals surface area contributed by atoms with E-state index in [1.165, 1.54) is 6.92 Å². The molecule has 0 heterocycles. The summed E-state index contributed by atoms with van der Waals surface area (Å²) in [5.74, 6) is -0.211. The maximum Gasteiger partial charge on any atom is 0.302 e. The lowest BCUT2D eigenvalue weighted by Crippen LogP contribution is -1.95. The molecule has 9 heavy (non-hydrogen) atoms. The molecule has 0 unspecified atom stereocenters. The third kappa shape index (κ3) is 47.1. The average Bonchev–Trinajstić information content (AvgIpc) is 1.67. The number of hydrogen-bond acceptors (Lipinski definition) is 3. The summed E-state index contributed by atoms with van der Waals surface area (Å²) >= 11 is 0. The SMILES string of the molecule is CCOC(C)=O.[N-]=C=O. The van der Waals surface area contributed by atoms with E-state index in [0.717, 1.165) is 0 Å². The topological polar surface area (TPSA) is 65.7 Å². The number of nitrogens with zero attached hydrogens (tertiary/aromatic N) is 1. The van der Waals surface area contributed by atoms with Crippen LogP contribution in [0.4, 0.5) is 0 Å². The molecular weight excluding hydrogens is 122 g/mol. The lowest BCUT2D eigenvalue weighted by molar-refractivity contribution is -0.140. The van der Waals surface area contributed by atoms with Gasteiger partial charge in [0.25, 0.3) is 0 Å². The second-order valence-corrected chi connectivity index (χ2v) is 1.02. The molecule has 0 aliphatic carbocycles. The Hall–Kier alpha value is -1.15. The van der Waals surface area contributed by atoms with Gasteiger partial charge in [-0.05, 0) is 13.0 Å². The van der Waals surface area contributed by atoms with Crippen molar-refractivity contribution < 1.29 is 14.3 Å². The highest BCUT2D eigenvalue weighted by molar-refractivity contribution is 5.65. The Morgan fingerprint density at radius 3 is 2.11 bits per heavy atom. The molecule has 0 spiro atoms. The molecule has 0 atom stereocenters. The highest BCUT2D eigenvalue weighted by atomic mass is 16.5. The minimum atomic E-state index is -0.211. The highest BCUT2D eigenvalue weighted by Gasteiger charge is 1.81. The summed E-state index contributed by atoms with van der Waals surface area (Å²) in [5.41, 5.74) is 0. The standard InChI is InChI=1S/C4H8O2.CNO/c1-3-6-4(2)5;2-1-3/h3H2,1-2H3;/q;-1. The van der Waals surface area contributed by atoms with E-state index >= 15 is 0 Å². The maximum atomic E-state index is 9.82. The van der Waals surface area contributed by atoms with Gasteiger partial charge in [0.1, 0.15) is 0 Å². The first-order valence-corrected chi connectivity index (χ1v) is 2.33. The first kappa shape index (κ1) is 10.8. The van der Waals surface area contributed by atoms with E-state index < -0.39 is 0 Å². The molecule has 0 fully saturated rings. The van der Waals surface area contributed by atoms with Crippen molar-refractivity contribution in [3.8, 4) is 0 Å². The normalized spacial score (nSPS) is 6.00. The van der Waals surface area contributed by atoms with Gasteiger partial charge in [0.2, 0.25) is 0 Å². The van der Waals surface area contributed by atoms with Crippen LogP contribution in [0, 0.1) is 0 Å². The van der Waals surface area contributed by atoms with Crippen LogP contribution in [0.2, 0.25) is 0 Å². The predicted molar refractivity (Wildman–Crippen MR) is 31.4 cm³/mol. The Kier molecular flexibility index (Phi) is 11.9. The molecule has 0 saturated heterocycles. The Labute approximate surface area is 53.3 Å². The van der Waals surface area contributed by atoms with E-state index in [1.807, 2.05) is 0 Å². The molecule has 0 bridgehead atoms. The summed E-state index contributed by atoms with van der Waals surface area (Å²) in [4.78, 5) is 18.1. The maximum absolute atomic E-state index is 9.82. The molecule has 0 rings (SSSR count). The quantitative estimate of drug-likeness (QED) is 0.294. The molecule has 0 aromatic rings. The fraction of sp³-hybridized carbons (Fsp3) is 0.600. The van der Waals surface area contributed by atoms with Crippen LogP contribution < -0.4 is 0 Å². The van der Waals surface area contributed by atoms with Gasteiger partial charge in [-0.1, -0.05) is 0 Å². The van der Waals surface area contributed by atoms with Crippen molar-refractivity contribution in [3.05, 3.63) is 5.41 Å². The van der Waals surface area contributed by atoms with Crippen molar-refractivity contribution in [1.29, 1.82) is 0 Å². The molecule has 0 aliphatic heterocycles. The molecular formula is C5H8NO3-. The summed E-state index contributed by atoms with van der Waals surface area (Å²) in [6.45, 7) is 3.65. The smallest absolute Gasteiger partial charge is 0.302 e. The number of rotatable bonds is 1. The van der Waals surface area contributed by atoms with Crippen molar-refractivity contribution in [2.24, 2.45) is 0 Å². The number of hydrogen-bond donors (Lipinski definition) is 0. The van der Waals surface area contributed by atoms with Crippen molar-refractivity contribution in [1.82, 2.24) is 0 Å². The number of isocyanates is 1. The third-order valence-corrected chi connectivity index (χ3v) is 0.348. The van der Waals surface area contributed by atoms with Crippen LogP contribution in [0.5, 0.6) is 0 Å². The van der Waals surface area contributed by atoms with Gasteiger partial charge >= 0.3 is 5.97 Å². The van der Waals surface area contributed by atoms with Gasteiger partial charge < -0.3 is 10.1 Å². The van der Waals surface area contributed by atoms with Gasteiger partial charge in [0.05, 0.1) is 6.61 Å². The van der Waals surface area contributed by atoms with Crippen molar-refractivity contribution in [2.75, 3.05) is 6.61 Å². The molecule has 0 radical (unpaired) electrons. The zero-order valence-corrected chi connectivity index (χ0v) is 5.38. The highest BCUT2D eigenvalue weighted by Crippen LogP contribution is 1.69. The van der Waals surface area contributed by atoms with Crippen molar-refractivity contribution in [3.63, 3.8) is 0 Å². The fourth-order valence-corrected chi connectivity index (χ4v) is 0.203. The Morgan fingerprint density at radius 1 is 1.78 bits per heavy atom. The van der Waals surface area contributed by atoms with Gasteiger partial charge in [-0.3, -0.25) is 9.59 Å². The van der Waals surface area contributed by atoms with Crippen molar-refractivity contribution >= 4 is 12.0 Å². The average molecular weight is 130 g/mol. The molecule has 0 aromatic heterocycles. The Bertz CT molecular complexity index is 105. The van der Waals surface area contributed by atoms with E-state index in [2.05, 4.69) is 4.74 Å². The minimum Gasteiger partial charge on any atom is -0.724 e.